The molecular formula is C19H21F2NO2. The predicted molar refractivity (Wildman–Crippen MR) is 88.2 cm³/mol. The number of nitrogens with zero attached hydrogens (tertiary/aromatic N) is 1. The maximum Gasteiger partial charge on any atom is 0.387 e. The SMILES string of the molecule is O[C@@H]1CN(Cc2cccc(OC(F)F)c2)CC[C@@H]1c1ccccc1. The van der Waals surface area contributed by atoms with Crippen LogP contribution in [0.5, 0.6) is 5.75 Å². The van der Waals surface area contributed by atoms with Gasteiger partial charge in [-0.25, -0.2) is 0 Å². The third-order valence-electron chi connectivity index (χ3n) is 4.42. The van der Waals surface area contributed by atoms with Crippen molar-refractivity contribution in [1.82, 2.24) is 4.90 Å². The Hall–Kier alpha value is -1.98. The number of β-amino-alcohol motifs (C(OH)–C–C–N with tert-alkyl or cyclic N) is 1. The van der Waals surface area contributed by atoms with Gasteiger partial charge in [0.05, 0.1) is 6.10 Å². The average Bonchev–Trinajstić information content (AvgIpc) is 2.55. The minimum atomic E-state index is -2.82. The molecule has 1 saturated heterocycles. The van der Waals surface area contributed by atoms with E-state index in [-0.39, 0.29) is 11.7 Å². The van der Waals surface area contributed by atoms with Gasteiger partial charge in [0.25, 0.3) is 0 Å². The van der Waals surface area contributed by atoms with Gasteiger partial charge in [-0.3, -0.25) is 4.90 Å². The number of hydrogen-bond donors (Lipinski definition) is 1. The fraction of sp³-hybridized carbons (Fsp3) is 0.368. The summed E-state index contributed by atoms with van der Waals surface area (Å²) >= 11 is 0. The highest BCUT2D eigenvalue weighted by Gasteiger charge is 2.28. The van der Waals surface area contributed by atoms with Gasteiger partial charge >= 0.3 is 6.61 Å². The molecule has 0 bridgehead atoms. The Morgan fingerprint density at radius 1 is 1.12 bits per heavy atom. The standard InChI is InChI=1S/C19H21F2NO2/c20-19(21)24-16-8-4-5-14(11-16)12-22-10-9-17(18(23)13-22)15-6-2-1-3-7-15/h1-8,11,17-19,23H,9-10,12-13H2/t17-,18-/m1/s1. The molecule has 128 valence electrons. The number of halogens is 2. The molecule has 0 aromatic heterocycles. The molecule has 0 spiro atoms. The number of benzene rings is 2. The van der Waals surface area contributed by atoms with Gasteiger partial charge in [0.15, 0.2) is 0 Å². The van der Waals surface area contributed by atoms with Crippen LogP contribution >= 0.6 is 0 Å². The molecule has 3 nitrogen and oxygen atoms in total. The van der Waals surface area contributed by atoms with Crippen molar-refractivity contribution in [2.45, 2.75) is 31.6 Å². The Morgan fingerprint density at radius 2 is 1.92 bits per heavy atom. The number of aliphatic hydroxyl groups excluding tert-OH is 1. The van der Waals surface area contributed by atoms with Crippen molar-refractivity contribution in [2.75, 3.05) is 13.1 Å². The Kier molecular flexibility index (Phi) is 5.43. The average molecular weight is 333 g/mol. The normalized spacial score (nSPS) is 21.8. The summed E-state index contributed by atoms with van der Waals surface area (Å²) in [6.07, 6.45) is 0.444. The fourth-order valence-electron chi connectivity index (χ4n) is 3.31. The predicted octanol–water partition coefficient (Wildman–Crippen LogP) is 3.64. The zero-order valence-electron chi connectivity index (χ0n) is 13.3. The minimum Gasteiger partial charge on any atom is -0.435 e. The quantitative estimate of drug-likeness (QED) is 0.907. The van der Waals surface area contributed by atoms with Crippen molar-refractivity contribution in [2.24, 2.45) is 0 Å². The first-order valence-corrected chi connectivity index (χ1v) is 8.11. The maximum absolute atomic E-state index is 12.3. The maximum atomic E-state index is 12.3. The van der Waals surface area contributed by atoms with Crippen molar-refractivity contribution < 1.29 is 18.6 Å². The Morgan fingerprint density at radius 3 is 2.62 bits per heavy atom. The van der Waals surface area contributed by atoms with Crippen molar-refractivity contribution in [3.05, 3.63) is 65.7 Å². The lowest BCUT2D eigenvalue weighted by atomic mass is 9.87. The van der Waals surface area contributed by atoms with Crippen molar-refractivity contribution in [3.8, 4) is 5.75 Å². The van der Waals surface area contributed by atoms with Crippen LogP contribution in [0.4, 0.5) is 8.78 Å². The number of ether oxygens (including phenoxy) is 1. The first-order valence-electron chi connectivity index (χ1n) is 8.11. The lowest BCUT2D eigenvalue weighted by Crippen LogP contribution is -2.42. The lowest BCUT2D eigenvalue weighted by molar-refractivity contribution is -0.0499. The van der Waals surface area contributed by atoms with E-state index in [1.54, 1.807) is 12.1 Å². The summed E-state index contributed by atoms with van der Waals surface area (Å²) in [5.74, 6) is 0.318. The first-order chi connectivity index (χ1) is 11.6. The van der Waals surface area contributed by atoms with E-state index in [4.69, 9.17) is 0 Å². The van der Waals surface area contributed by atoms with Crippen LogP contribution < -0.4 is 4.74 Å². The second-order valence-corrected chi connectivity index (χ2v) is 6.13. The van der Waals surface area contributed by atoms with Crippen molar-refractivity contribution >= 4 is 0 Å². The van der Waals surface area contributed by atoms with Gasteiger partial charge in [0, 0.05) is 19.0 Å². The summed E-state index contributed by atoms with van der Waals surface area (Å²) in [5, 5.41) is 10.5. The molecule has 1 heterocycles. The molecule has 0 aliphatic carbocycles. The highest BCUT2D eigenvalue weighted by Crippen LogP contribution is 2.29. The van der Waals surface area contributed by atoms with Crippen LogP contribution in [0.1, 0.15) is 23.5 Å². The zero-order valence-corrected chi connectivity index (χ0v) is 13.3. The molecule has 3 rings (SSSR count). The number of aliphatic hydroxyl groups is 1. The minimum absolute atomic E-state index is 0.149. The van der Waals surface area contributed by atoms with Gasteiger partial charge in [-0.15, -0.1) is 0 Å². The summed E-state index contributed by atoms with van der Waals surface area (Å²) in [4.78, 5) is 2.14. The molecule has 1 aliphatic heterocycles. The molecule has 1 fully saturated rings. The first kappa shape index (κ1) is 16.9. The van der Waals surface area contributed by atoms with Gasteiger partial charge in [-0.1, -0.05) is 42.5 Å². The monoisotopic (exact) mass is 333 g/mol. The van der Waals surface area contributed by atoms with E-state index in [2.05, 4.69) is 21.8 Å². The number of likely N-dealkylation sites (tertiary alicyclic amines) is 1. The van der Waals surface area contributed by atoms with E-state index < -0.39 is 12.7 Å². The van der Waals surface area contributed by atoms with Crippen LogP contribution in [-0.2, 0) is 6.54 Å². The molecule has 1 N–H and O–H groups in total. The summed E-state index contributed by atoms with van der Waals surface area (Å²) in [5.41, 5.74) is 2.07. The van der Waals surface area contributed by atoms with E-state index >= 15 is 0 Å². The summed E-state index contributed by atoms with van der Waals surface area (Å²) in [6, 6.07) is 16.8. The molecule has 0 radical (unpaired) electrons. The lowest BCUT2D eigenvalue weighted by Gasteiger charge is -2.36. The van der Waals surface area contributed by atoms with E-state index in [0.29, 0.717) is 13.1 Å². The Bertz CT molecular complexity index is 651. The molecule has 24 heavy (non-hydrogen) atoms. The van der Waals surface area contributed by atoms with Gasteiger partial charge in [-0.2, -0.15) is 8.78 Å². The highest BCUT2D eigenvalue weighted by molar-refractivity contribution is 5.28. The Labute approximate surface area is 140 Å². The zero-order chi connectivity index (χ0) is 16.9. The van der Waals surface area contributed by atoms with Crippen LogP contribution in [0.2, 0.25) is 0 Å². The molecule has 1 aliphatic rings. The molecule has 0 saturated carbocycles. The van der Waals surface area contributed by atoms with Gasteiger partial charge in [-0.05, 0) is 36.2 Å². The molecular weight excluding hydrogens is 312 g/mol. The number of piperidine rings is 1. The van der Waals surface area contributed by atoms with Crippen LogP contribution in [0, 0.1) is 0 Å². The van der Waals surface area contributed by atoms with E-state index in [9.17, 15) is 13.9 Å². The van der Waals surface area contributed by atoms with E-state index in [0.717, 1.165) is 24.1 Å². The van der Waals surface area contributed by atoms with Gasteiger partial charge < -0.3 is 9.84 Å². The number of rotatable bonds is 5. The van der Waals surface area contributed by atoms with E-state index in [1.807, 2.05) is 24.3 Å². The molecule has 2 atom stereocenters. The van der Waals surface area contributed by atoms with E-state index in [1.165, 1.54) is 6.07 Å². The summed E-state index contributed by atoms with van der Waals surface area (Å²) in [7, 11) is 0. The van der Waals surface area contributed by atoms with Crippen LogP contribution in [-0.4, -0.2) is 35.8 Å². The molecule has 0 amide bonds. The van der Waals surface area contributed by atoms with Crippen molar-refractivity contribution in [1.29, 1.82) is 0 Å². The molecule has 5 heteroatoms. The largest absolute Gasteiger partial charge is 0.435 e. The smallest absolute Gasteiger partial charge is 0.387 e. The number of hydrogen-bond acceptors (Lipinski definition) is 3. The molecule has 0 unspecified atom stereocenters. The van der Waals surface area contributed by atoms with Gasteiger partial charge in [0.2, 0.25) is 0 Å². The van der Waals surface area contributed by atoms with Gasteiger partial charge in [0.1, 0.15) is 5.75 Å². The fourth-order valence-corrected chi connectivity index (χ4v) is 3.31. The van der Waals surface area contributed by atoms with Crippen molar-refractivity contribution in [3.63, 3.8) is 0 Å². The van der Waals surface area contributed by atoms with Crippen LogP contribution in [0.25, 0.3) is 0 Å². The third kappa shape index (κ3) is 4.30. The van der Waals surface area contributed by atoms with Crippen LogP contribution in [0.15, 0.2) is 54.6 Å². The highest BCUT2D eigenvalue weighted by atomic mass is 19.3. The second-order valence-electron chi connectivity index (χ2n) is 6.13. The second kappa shape index (κ2) is 7.73. The summed E-state index contributed by atoms with van der Waals surface area (Å²) < 4.78 is 29.0. The summed E-state index contributed by atoms with van der Waals surface area (Å²) in [6.45, 7) is -0.779. The third-order valence-corrected chi connectivity index (χ3v) is 4.42. The van der Waals surface area contributed by atoms with Crippen LogP contribution in [0.3, 0.4) is 0 Å². The Balaban J connectivity index is 1.60. The topological polar surface area (TPSA) is 32.7 Å². The molecule has 2 aromatic carbocycles. The molecule has 2 aromatic rings. The number of alkyl halides is 2.